The Bertz CT molecular complexity index is 911. The van der Waals surface area contributed by atoms with Crippen LogP contribution in [-0.4, -0.2) is 38.7 Å². The Hall–Kier alpha value is -2.46. The number of benzene rings is 2. The first-order valence-corrected chi connectivity index (χ1v) is 11.7. The first-order chi connectivity index (χ1) is 13.2. The van der Waals surface area contributed by atoms with Gasteiger partial charge in [0.1, 0.15) is 13.0 Å². The van der Waals surface area contributed by atoms with Crippen LogP contribution in [0.15, 0.2) is 36.4 Å². The summed E-state index contributed by atoms with van der Waals surface area (Å²) in [5, 5.41) is 3.26. The van der Waals surface area contributed by atoms with Gasteiger partial charge in [-0.05, 0) is 51.3 Å². The number of halogens is 1. The lowest BCUT2D eigenvalue weighted by atomic mass is 10.0. The van der Waals surface area contributed by atoms with Crippen molar-refractivity contribution in [2.24, 2.45) is 0 Å². The fraction of sp³-hybridized carbons (Fsp3) is 0.333. The number of hydrogen-bond acceptors (Lipinski definition) is 3. The van der Waals surface area contributed by atoms with E-state index in [2.05, 4.69) is 5.32 Å². The van der Waals surface area contributed by atoms with Crippen LogP contribution in [0.5, 0.6) is 0 Å². The molecule has 0 aromatic heterocycles. The summed E-state index contributed by atoms with van der Waals surface area (Å²) in [6.07, 6.45) is 1.82. The predicted octanol–water partition coefficient (Wildman–Crippen LogP) is 3.54. The summed E-state index contributed by atoms with van der Waals surface area (Å²) in [6.45, 7) is 7.12. The van der Waals surface area contributed by atoms with E-state index in [1.54, 1.807) is 56.7 Å². The largest absolute Gasteiger partial charge is 0.356 e. The molecule has 1 unspecified atom stereocenters. The van der Waals surface area contributed by atoms with E-state index in [0.717, 1.165) is 0 Å². The molecule has 28 heavy (non-hydrogen) atoms. The van der Waals surface area contributed by atoms with Crippen molar-refractivity contribution in [3.05, 3.63) is 47.8 Å². The highest BCUT2D eigenvalue weighted by Crippen LogP contribution is 2.40. The first-order valence-electron chi connectivity index (χ1n) is 9.06. The molecule has 0 heterocycles. The van der Waals surface area contributed by atoms with Crippen molar-refractivity contribution in [2.45, 2.75) is 26.3 Å². The van der Waals surface area contributed by atoms with Gasteiger partial charge in [0.25, 0.3) is 0 Å². The molecule has 0 aliphatic heterocycles. The molecule has 2 rings (SSSR count). The van der Waals surface area contributed by atoms with Gasteiger partial charge in [-0.1, -0.05) is 24.3 Å². The summed E-state index contributed by atoms with van der Waals surface area (Å²) in [4.78, 5) is 23.5. The summed E-state index contributed by atoms with van der Waals surface area (Å²) in [5.41, 5.74) is 1.78. The van der Waals surface area contributed by atoms with Crippen molar-refractivity contribution in [3.63, 3.8) is 0 Å². The Morgan fingerprint density at radius 3 is 2.43 bits per heavy atom. The molecule has 0 saturated heterocycles. The van der Waals surface area contributed by atoms with Gasteiger partial charge in [-0.3, -0.25) is 9.59 Å². The van der Waals surface area contributed by atoms with Crippen molar-refractivity contribution < 1.29 is 18.5 Å². The predicted molar refractivity (Wildman–Crippen MR) is 112 cm³/mol. The molecule has 0 bridgehead atoms. The van der Waals surface area contributed by atoms with Crippen molar-refractivity contribution in [3.8, 4) is 11.1 Å². The second-order valence-electron chi connectivity index (χ2n) is 7.21. The van der Waals surface area contributed by atoms with Gasteiger partial charge in [0, 0.05) is 34.7 Å². The molecule has 0 radical (unpaired) electrons. The lowest BCUT2D eigenvalue weighted by Gasteiger charge is -2.23. The van der Waals surface area contributed by atoms with Crippen molar-refractivity contribution in [2.75, 3.05) is 24.8 Å². The number of nitrogens with zero attached hydrogens (tertiary/aromatic N) is 1. The van der Waals surface area contributed by atoms with Crippen LogP contribution in [-0.2, 0) is 14.2 Å². The average Bonchev–Trinajstić information content (AvgIpc) is 2.65. The molecule has 0 saturated carbocycles. The average molecular weight is 404 g/mol. The second kappa shape index (κ2) is 9.16. The van der Waals surface area contributed by atoms with E-state index in [1.165, 1.54) is 4.90 Å². The maximum atomic E-state index is 15.2. The minimum absolute atomic E-state index is 0.0977. The van der Waals surface area contributed by atoms with Gasteiger partial charge >= 0.3 is 0 Å². The molecule has 2 amide bonds. The van der Waals surface area contributed by atoms with Gasteiger partial charge in [-0.15, -0.1) is 0 Å². The van der Waals surface area contributed by atoms with Crippen LogP contribution >= 0.6 is 7.14 Å². The zero-order valence-corrected chi connectivity index (χ0v) is 17.5. The molecule has 0 spiro atoms. The van der Waals surface area contributed by atoms with Crippen molar-refractivity contribution >= 4 is 31.0 Å². The Balaban J connectivity index is 2.42. The number of anilines is 1. The molecule has 0 aliphatic carbocycles. The third-order valence-electron chi connectivity index (χ3n) is 4.72. The summed E-state index contributed by atoms with van der Waals surface area (Å²) in [6, 6.07) is 10.3. The highest BCUT2D eigenvalue weighted by atomic mass is 31.2. The van der Waals surface area contributed by atoms with Gasteiger partial charge in [0.15, 0.2) is 0 Å². The third-order valence-corrected chi connectivity index (χ3v) is 6.27. The monoisotopic (exact) mass is 404 g/mol. The molecule has 2 aromatic rings. The standard InChI is InChI=1S/C21H26FN2O3P/c1-15(23-13-25)11-12-24(14-26)19-10-9-18(21(22)16(19)2)17-7-5-6-8-20(17)28(3,4)27/h5-10,13-15H,11-12H2,1-4H3,(H,23,25). The number of carbonyl (C=O) groups is 2. The second-order valence-corrected chi connectivity index (χ2v) is 10.4. The molecule has 7 heteroatoms. The highest BCUT2D eigenvalue weighted by molar-refractivity contribution is 7.70. The maximum absolute atomic E-state index is 15.2. The molecule has 1 atom stereocenters. The van der Waals surface area contributed by atoms with Crippen LogP contribution < -0.4 is 15.5 Å². The Labute approximate surface area is 165 Å². The van der Waals surface area contributed by atoms with Gasteiger partial charge in [-0.25, -0.2) is 4.39 Å². The molecular formula is C21H26FN2O3P. The van der Waals surface area contributed by atoms with Gasteiger partial charge < -0.3 is 14.8 Å². The summed E-state index contributed by atoms with van der Waals surface area (Å²) < 4.78 is 27.9. The van der Waals surface area contributed by atoms with Gasteiger partial charge in [-0.2, -0.15) is 0 Å². The molecule has 1 N–H and O–H groups in total. The van der Waals surface area contributed by atoms with Crippen LogP contribution in [0.3, 0.4) is 0 Å². The lowest BCUT2D eigenvalue weighted by Crippen LogP contribution is -2.31. The number of amides is 2. The van der Waals surface area contributed by atoms with E-state index in [0.29, 0.717) is 53.5 Å². The van der Waals surface area contributed by atoms with E-state index in [-0.39, 0.29) is 6.04 Å². The zero-order valence-electron chi connectivity index (χ0n) is 16.6. The lowest BCUT2D eigenvalue weighted by molar-refractivity contribution is -0.110. The van der Waals surface area contributed by atoms with Crippen LogP contribution in [0.1, 0.15) is 18.9 Å². The normalized spacial score (nSPS) is 12.3. The molecule has 2 aromatic carbocycles. The highest BCUT2D eigenvalue weighted by Gasteiger charge is 2.21. The fourth-order valence-electron chi connectivity index (χ4n) is 3.13. The molecule has 0 aliphatic rings. The molecule has 150 valence electrons. The maximum Gasteiger partial charge on any atom is 0.214 e. The quantitative estimate of drug-likeness (QED) is 0.514. The Morgan fingerprint density at radius 1 is 1.14 bits per heavy atom. The Kier molecular flexibility index (Phi) is 7.14. The summed E-state index contributed by atoms with van der Waals surface area (Å²) in [7, 11) is -2.59. The summed E-state index contributed by atoms with van der Waals surface area (Å²) >= 11 is 0. The van der Waals surface area contributed by atoms with Crippen LogP contribution in [0, 0.1) is 12.7 Å². The number of nitrogens with one attached hydrogen (secondary N) is 1. The zero-order chi connectivity index (χ0) is 20.9. The molecule has 0 fully saturated rings. The number of rotatable bonds is 9. The first kappa shape index (κ1) is 21.8. The minimum Gasteiger partial charge on any atom is -0.356 e. The van der Waals surface area contributed by atoms with E-state index in [9.17, 15) is 14.2 Å². The van der Waals surface area contributed by atoms with Crippen LogP contribution in [0.2, 0.25) is 0 Å². The van der Waals surface area contributed by atoms with Crippen LogP contribution in [0.25, 0.3) is 11.1 Å². The van der Waals surface area contributed by atoms with E-state index in [1.807, 2.05) is 6.92 Å². The number of carbonyl (C=O) groups excluding carboxylic acids is 2. The van der Waals surface area contributed by atoms with E-state index < -0.39 is 13.0 Å². The summed E-state index contributed by atoms with van der Waals surface area (Å²) in [5.74, 6) is -0.440. The molecular weight excluding hydrogens is 378 g/mol. The fourth-order valence-corrected chi connectivity index (χ4v) is 4.35. The topological polar surface area (TPSA) is 66.5 Å². The minimum atomic E-state index is -2.59. The smallest absolute Gasteiger partial charge is 0.214 e. The van der Waals surface area contributed by atoms with Gasteiger partial charge in [0.2, 0.25) is 12.8 Å². The third kappa shape index (κ3) is 4.87. The SMILES string of the molecule is Cc1c(N(C=O)CCC(C)NC=O)ccc(-c2ccccc2P(C)(C)=O)c1F. The molecule has 5 nitrogen and oxygen atoms in total. The van der Waals surface area contributed by atoms with E-state index in [4.69, 9.17) is 0 Å². The number of hydrogen-bond donors (Lipinski definition) is 1. The van der Waals surface area contributed by atoms with Crippen molar-refractivity contribution in [1.82, 2.24) is 5.32 Å². The van der Waals surface area contributed by atoms with Gasteiger partial charge in [0.05, 0.1) is 0 Å². The van der Waals surface area contributed by atoms with E-state index >= 15 is 4.39 Å². The van der Waals surface area contributed by atoms with Crippen LogP contribution in [0.4, 0.5) is 10.1 Å². The Morgan fingerprint density at radius 2 is 1.82 bits per heavy atom. The van der Waals surface area contributed by atoms with Crippen molar-refractivity contribution in [1.29, 1.82) is 0 Å².